The molecule has 0 N–H and O–H groups in total. The summed E-state index contributed by atoms with van der Waals surface area (Å²) in [7, 11) is 0. The second kappa shape index (κ2) is 6.27. The van der Waals surface area contributed by atoms with Gasteiger partial charge in [-0.15, -0.1) is 0 Å². The number of hydrogen-bond donors (Lipinski definition) is 0. The van der Waals surface area contributed by atoms with Crippen molar-refractivity contribution in [3.63, 3.8) is 0 Å². The van der Waals surface area contributed by atoms with Crippen LogP contribution in [-0.2, 0) is 0 Å². The van der Waals surface area contributed by atoms with Crippen LogP contribution in [0.4, 0.5) is 0 Å². The van der Waals surface area contributed by atoms with Gasteiger partial charge in [0.15, 0.2) is 11.5 Å². The molecule has 0 aliphatic carbocycles. The third-order valence-electron chi connectivity index (χ3n) is 1.90. The van der Waals surface area contributed by atoms with Crippen LogP contribution in [0, 0.1) is 11.3 Å². The maximum atomic E-state index is 9.01. The highest BCUT2D eigenvalue weighted by molar-refractivity contribution is 9.13. The molecule has 1 aromatic rings. The van der Waals surface area contributed by atoms with E-state index in [0.717, 1.165) is 0 Å². The molecule has 17 heavy (non-hydrogen) atoms. The van der Waals surface area contributed by atoms with Gasteiger partial charge in [-0.25, -0.2) is 0 Å². The Kier molecular flexibility index (Phi) is 5.29. The molecule has 3 nitrogen and oxygen atoms in total. The molecule has 0 atom stereocenters. The van der Waals surface area contributed by atoms with E-state index in [1.165, 1.54) is 0 Å². The van der Waals surface area contributed by atoms with Gasteiger partial charge in [-0.05, 0) is 52.6 Å². The summed E-state index contributed by atoms with van der Waals surface area (Å²) in [6, 6.07) is 3.78. The van der Waals surface area contributed by atoms with Crippen LogP contribution in [0.3, 0.4) is 0 Å². The van der Waals surface area contributed by atoms with E-state index in [9.17, 15) is 0 Å². The normalized spacial score (nSPS) is 10.2. The average Bonchev–Trinajstić information content (AvgIpc) is 2.28. The van der Waals surface area contributed by atoms with E-state index in [2.05, 4.69) is 37.9 Å². The number of rotatable bonds is 4. The Morgan fingerprint density at radius 2 is 2.00 bits per heavy atom. The van der Waals surface area contributed by atoms with Crippen molar-refractivity contribution in [1.29, 1.82) is 5.26 Å². The first-order valence-electron chi connectivity index (χ1n) is 5.22. The summed E-state index contributed by atoms with van der Waals surface area (Å²) in [6.45, 7) is 6.29. The number of hydrogen-bond acceptors (Lipinski definition) is 3. The van der Waals surface area contributed by atoms with Crippen molar-refractivity contribution in [2.45, 2.75) is 26.9 Å². The molecule has 0 amide bonds. The molecule has 0 heterocycles. The lowest BCUT2D eigenvalue weighted by Crippen LogP contribution is -2.08. The van der Waals surface area contributed by atoms with Crippen LogP contribution in [0.15, 0.2) is 15.0 Å². The SMILES string of the molecule is CCOc1cc(C#N)c(Br)c(Br)c1OC(C)C. The van der Waals surface area contributed by atoms with Crippen molar-refractivity contribution in [3.05, 3.63) is 20.6 Å². The topological polar surface area (TPSA) is 42.2 Å². The summed E-state index contributed by atoms with van der Waals surface area (Å²) >= 11 is 6.78. The lowest BCUT2D eigenvalue weighted by molar-refractivity contribution is 0.222. The van der Waals surface area contributed by atoms with Gasteiger partial charge in [0.05, 0.1) is 27.2 Å². The Balaban J connectivity index is 3.34. The van der Waals surface area contributed by atoms with Gasteiger partial charge in [0.25, 0.3) is 0 Å². The molecule has 0 aromatic heterocycles. The highest BCUT2D eigenvalue weighted by Crippen LogP contribution is 2.43. The zero-order chi connectivity index (χ0) is 13.0. The van der Waals surface area contributed by atoms with Crippen molar-refractivity contribution >= 4 is 31.9 Å². The van der Waals surface area contributed by atoms with Gasteiger partial charge in [-0.3, -0.25) is 0 Å². The summed E-state index contributed by atoms with van der Waals surface area (Å²) < 4.78 is 12.6. The van der Waals surface area contributed by atoms with Crippen molar-refractivity contribution < 1.29 is 9.47 Å². The highest BCUT2D eigenvalue weighted by Gasteiger charge is 2.18. The molecule has 1 rings (SSSR count). The Morgan fingerprint density at radius 1 is 1.35 bits per heavy atom. The molecule has 5 heteroatoms. The summed E-state index contributed by atoms with van der Waals surface area (Å²) in [6.07, 6.45) is 0.0327. The molecule has 0 radical (unpaired) electrons. The average molecular weight is 363 g/mol. The van der Waals surface area contributed by atoms with Gasteiger partial charge in [-0.1, -0.05) is 0 Å². The monoisotopic (exact) mass is 361 g/mol. The van der Waals surface area contributed by atoms with Crippen LogP contribution in [0.5, 0.6) is 11.5 Å². The first-order valence-corrected chi connectivity index (χ1v) is 6.81. The van der Waals surface area contributed by atoms with E-state index >= 15 is 0 Å². The zero-order valence-corrected chi connectivity index (χ0v) is 13.1. The van der Waals surface area contributed by atoms with Gasteiger partial charge < -0.3 is 9.47 Å². The van der Waals surface area contributed by atoms with Crippen LogP contribution in [0.2, 0.25) is 0 Å². The summed E-state index contributed by atoms with van der Waals surface area (Å²) in [5.74, 6) is 1.19. The van der Waals surface area contributed by atoms with E-state index in [-0.39, 0.29) is 6.10 Å². The van der Waals surface area contributed by atoms with E-state index in [1.54, 1.807) is 6.07 Å². The molecule has 0 saturated carbocycles. The Morgan fingerprint density at radius 3 is 2.47 bits per heavy atom. The molecule has 0 spiro atoms. The fourth-order valence-corrected chi connectivity index (χ4v) is 2.16. The number of nitrogens with zero attached hydrogens (tertiary/aromatic N) is 1. The molecule has 1 aromatic carbocycles. The smallest absolute Gasteiger partial charge is 0.176 e. The fraction of sp³-hybridized carbons (Fsp3) is 0.417. The molecule has 0 saturated heterocycles. The second-order valence-corrected chi connectivity index (χ2v) is 5.18. The van der Waals surface area contributed by atoms with Crippen molar-refractivity contribution in [1.82, 2.24) is 0 Å². The summed E-state index contributed by atoms with van der Waals surface area (Å²) in [5, 5.41) is 9.01. The summed E-state index contributed by atoms with van der Waals surface area (Å²) in [4.78, 5) is 0. The second-order valence-electron chi connectivity index (χ2n) is 3.59. The van der Waals surface area contributed by atoms with Gasteiger partial charge in [0.1, 0.15) is 6.07 Å². The van der Waals surface area contributed by atoms with Crippen LogP contribution in [0.25, 0.3) is 0 Å². The first kappa shape index (κ1) is 14.3. The maximum absolute atomic E-state index is 9.01. The van der Waals surface area contributed by atoms with E-state index in [4.69, 9.17) is 14.7 Å². The Hall–Kier alpha value is -0.730. The number of ether oxygens (including phenoxy) is 2. The third kappa shape index (κ3) is 3.36. The fourth-order valence-electron chi connectivity index (χ4n) is 1.28. The minimum atomic E-state index is 0.0327. The van der Waals surface area contributed by atoms with Gasteiger partial charge in [-0.2, -0.15) is 5.26 Å². The summed E-state index contributed by atoms with van der Waals surface area (Å²) in [5.41, 5.74) is 0.511. The van der Waals surface area contributed by atoms with Gasteiger partial charge in [0.2, 0.25) is 0 Å². The molecular formula is C12H13Br2NO2. The van der Waals surface area contributed by atoms with Crippen LogP contribution >= 0.6 is 31.9 Å². The Labute approximate surface area is 118 Å². The largest absolute Gasteiger partial charge is 0.490 e. The van der Waals surface area contributed by atoms with E-state index in [0.29, 0.717) is 32.6 Å². The molecular weight excluding hydrogens is 350 g/mol. The van der Waals surface area contributed by atoms with Crippen molar-refractivity contribution in [3.8, 4) is 17.6 Å². The van der Waals surface area contributed by atoms with Crippen LogP contribution in [-0.4, -0.2) is 12.7 Å². The Bertz CT molecular complexity index is 453. The minimum absolute atomic E-state index is 0.0327. The van der Waals surface area contributed by atoms with E-state index < -0.39 is 0 Å². The number of halogens is 2. The number of benzene rings is 1. The maximum Gasteiger partial charge on any atom is 0.176 e. The lowest BCUT2D eigenvalue weighted by Gasteiger charge is -2.17. The van der Waals surface area contributed by atoms with Crippen molar-refractivity contribution in [2.75, 3.05) is 6.61 Å². The predicted octanol–water partition coefficient (Wildman–Crippen LogP) is 4.27. The highest BCUT2D eigenvalue weighted by atomic mass is 79.9. The quantitative estimate of drug-likeness (QED) is 0.803. The van der Waals surface area contributed by atoms with E-state index in [1.807, 2.05) is 20.8 Å². The molecule has 0 unspecified atom stereocenters. The molecule has 0 aliphatic rings. The molecule has 0 aliphatic heterocycles. The predicted molar refractivity (Wildman–Crippen MR) is 73.5 cm³/mol. The standard InChI is InChI=1S/C12H13Br2NO2/c1-4-16-9-5-8(6-15)10(13)11(14)12(9)17-7(2)3/h5,7H,4H2,1-3H3. The minimum Gasteiger partial charge on any atom is -0.490 e. The van der Waals surface area contributed by atoms with Gasteiger partial charge in [0, 0.05) is 6.07 Å². The number of nitriles is 1. The van der Waals surface area contributed by atoms with Crippen LogP contribution in [0.1, 0.15) is 26.3 Å². The molecule has 0 fully saturated rings. The molecule has 0 bridgehead atoms. The van der Waals surface area contributed by atoms with Gasteiger partial charge >= 0.3 is 0 Å². The first-order chi connectivity index (χ1) is 8.01. The molecule has 92 valence electrons. The van der Waals surface area contributed by atoms with Crippen molar-refractivity contribution in [2.24, 2.45) is 0 Å². The zero-order valence-electron chi connectivity index (χ0n) is 9.88. The lowest BCUT2D eigenvalue weighted by atomic mass is 10.2. The van der Waals surface area contributed by atoms with Crippen LogP contribution < -0.4 is 9.47 Å². The third-order valence-corrected chi connectivity index (χ3v) is 4.01.